The molecule has 1 aromatic rings. The molecule has 0 saturated carbocycles. The molecule has 0 aromatic carbocycles. The minimum Gasteiger partial charge on any atom is -0.480 e. The first-order valence-corrected chi connectivity index (χ1v) is 6.64. The van der Waals surface area contributed by atoms with E-state index in [2.05, 4.69) is 5.32 Å². The van der Waals surface area contributed by atoms with Gasteiger partial charge in [-0.1, -0.05) is 11.3 Å². The van der Waals surface area contributed by atoms with Crippen molar-refractivity contribution in [2.45, 2.75) is 32.4 Å². The van der Waals surface area contributed by atoms with Crippen LogP contribution in [0.4, 0.5) is 0 Å². The number of carbonyl (C=O) groups is 3. The fourth-order valence-corrected chi connectivity index (χ4v) is 2.26. The number of aryl methyl sites for hydroxylation is 1. The molecule has 1 heterocycles. The van der Waals surface area contributed by atoms with Gasteiger partial charge in [0, 0.05) is 17.5 Å². The lowest BCUT2D eigenvalue weighted by Crippen LogP contribution is -2.43. The van der Waals surface area contributed by atoms with Gasteiger partial charge in [0.1, 0.15) is 12.6 Å². The van der Waals surface area contributed by atoms with Gasteiger partial charge in [-0.05, 0) is 13.3 Å². The summed E-state index contributed by atoms with van der Waals surface area (Å²) in [6.45, 7) is 1.42. The van der Waals surface area contributed by atoms with Crippen LogP contribution in [-0.2, 0) is 20.9 Å². The number of thiazole rings is 1. The molecule has 0 aliphatic rings. The number of rotatable bonds is 7. The number of hydrogen-bond donors (Lipinski definition) is 3. The summed E-state index contributed by atoms with van der Waals surface area (Å²) >= 11 is 0.962. The third-order valence-corrected chi connectivity index (χ3v) is 3.47. The first-order chi connectivity index (χ1) is 9.31. The van der Waals surface area contributed by atoms with E-state index in [1.165, 1.54) is 4.57 Å². The molecule has 1 atom stereocenters. The third-order valence-electron chi connectivity index (χ3n) is 2.59. The molecule has 0 spiro atoms. The maximum absolute atomic E-state index is 11.7. The Morgan fingerprint density at radius 2 is 2.15 bits per heavy atom. The summed E-state index contributed by atoms with van der Waals surface area (Å²) in [5, 5.41) is 12.8. The van der Waals surface area contributed by atoms with Gasteiger partial charge in [0.2, 0.25) is 11.8 Å². The largest absolute Gasteiger partial charge is 0.480 e. The highest BCUT2D eigenvalue weighted by atomic mass is 32.1. The van der Waals surface area contributed by atoms with Crippen molar-refractivity contribution in [1.82, 2.24) is 9.88 Å². The molecule has 0 radical (unpaired) electrons. The van der Waals surface area contributed by atoms with Crippen LogP contribution in [-0.4, -0.2) is 33.5 Å². The van der Waals surface area contributed by atoms with Crippen molar-refractivity contribution in [3.8, 4) is 0 Å². The van der Waals surface area contributed by atoms with Gasteiger partial charge < -0.3 is 16.2 Å². The summed E-state index contributed by atoms with van der Waals surface area (Å²) in [6, 6.07) is -1.20. The second kappa shape index (κ2) is 6.85. The molecule has 2 amide bonds. The Morgan fingerprint density at radius 3 is 2.60 bits per heavy atom. The maximum atomic E-state index is 11.7. The van der Waals surface area contributed by atoms with Crippen LogP contribution in [0.5, 0.6) is 0 Å². The smallest absolute Gasteiger partial charge is 0.326 e. The van der Waals surface area contributed by atoms with Crippen molar-refractivity contribution in [2.75, 3.05) is 0 Å². The van der Waals surface area contributed by atoms with Gasteiger partial charge in [0.15, 0.2) is 0 Å². The number of amides is 2. The zero-order valence-electron chi connectivity index (χ0n) is 10.8. The number of aliphatic carboxylic acids is 1. The maximum Gasteiger partial charge on any atom is 0.326 e. The second-order valence-corrected chi connectivity index (χ2v) is 5.01. The average molecular weight is 301 g/mol. The van der Waals surface area contributed by atoms with Crippen LogP contribution in [0.15, 0.2) is 10.2 Å². The molecule has 110 valence electrons. The van der Waals surface area contributed by atoms with Crippen molar-refractivity contribution in [1.29, 1.82) is 0 Å². The van der Waals surface area contributed by atoms with Crippen LogP contribution in [0.2, 0.25) is 0 Å². The van der Waals surface area contributed by atoms with E-state index in [0.29, 0.717) is 5.69 Å². The fraction of sp³-hybridized carbons (Fsp3) is 0.455. The zero-order chi connectivity index (χ0) is 15.3. The quantitative estimate of drug-likeness (QED) is 0.597. The molecule has 0 saturated heterocycles. The minimum absolute atomic E-state index is 0.0894. The summed E-state index contributed by atoms with van der Waals surface area (Å²) < 4.78 is 1.24. The SMILES string of the molecule is Cc1csc(=O)n1CC(=O)NC(CCC(N)=O)C(=O)O. The van der Waals surface area contributed by atoms with Crippen LogP contribution in [0, 0.1) is 6.92 Å². The van der Waals surface area contributed by atoms with Crippen molar-refractivity contribution >= 4 is 29.1 Å². The lowest BCUT2D eigenvalue weighted by molar-refractivity contribution is -0.142. The highest BCUT2D eigenvalue weighted by Gasteiger charge is 2.21. The molecule has 0 aliphatic carbocycles. The molecule has 0 fully saturated rings. The minimum atomic E-state index is -1.26. The Bertz CT molecular complexity index is 577. The summed E-state index contributed by atoms with van der Waals surface area (Å²) in [6.07, 6.45) is -0.234. The molecule has 4 N–H and O–H groups in total. The number of nitrogens with two attached hydrogens (primary N) is 1. The first kappa shape index (κ1) is 15.9. The average Bonchev–Trinajstić information content (AvgIpc) is 2.65. The van der Waals surface area contributed by atoms with Crippen LogP contribution in [0.3, 0.4) is 0 Å². The number of nitrogens with zero attached hydrogens (tertiary/aromatic N) is 1. The molecule has 1 rings (SSSR count). The van der Waals surface area contributed by atoms with E-state index in [1.807, 2.05) is 0 Å². The molecule has 0 bridgehead atoms. The molecule has 1 aromatic heterocycles. The molecular formula is C11H15N3O5S. The van der Waals surface area contributed by atoms with E-state index < -0.39 is 23.8 Å². The highest BCUT2D eigenvalue weighted by Crippen LogP contribution is 2.01. The normalized spacial score (nSPS) is 11.8. The van der Waals surface area contributed by atoms with Crippen LogP contribution in [0.25, 0.3) is 0 Å². The van der Waals surface area contributed by atoms with Gasteiger partial charge in [-0.15, -0.1) is 0 Å². The number of carboxylic acids is 1. The van der Waals surface area contributed by atoms with Crippen LogP contribution < -0.4 is 15.9 Å². The number of aromatic nitrogens is 1. The Morgan fingerprint density at radius 1 is 1.50 bits per heavy atom. The Balaban J connectivity index is 2.65. The Labute approximate surface area is 118 Å². The number of nitrogens with one attached hydrogen (secondary N) is 1. The Hall–Kier alpha value is -2.16. The van der Waals surface area contributed by atoms with E-state index in [9.17, 15) is 19.2 Å². The lowest BCUT2D eigenvalue weighted by atomic mass is 10.1. The van der Waals surface area contributed by atoms with Crippen molar-refractivity contribution in [3.05, 3.63) is 20.7 Å². The van der Waals surface area contributed by atoms with Gasteiger partial charge in [0.05, 0.1) is 0 Å². The van der Waals surface area contributed by atoms with Crippen molar-refractivity contribution in [2.24, 2.45) is 5.73 Å². The highest BCUT2D eigenvalue weighted by molar-refractivity contribution is 7.07. The summed E-state index contributed by atoms with van der Waals surface area (Å²) in [4.78, 5) is 44.5. The monoisotopic (exact) mass is 301 g/mol. The van der Waals surface area contributed by atoms with Gasteiger partial charge in [-0.25, -0.2) is 4.79 Å². The molecule has 8 nitrogen and oxygen atoms in total. The first-order valence-electron chi connectivity index (χ1n) is 5.76. The predicted octanol–water partition coefficient (Wildman–Crippen LogP) is -0.947. The van der Waals surface area contributed by atoms with Crippen LogP contribution in [0.1, 0.15) is 18.5 Å². The van der Waals surface area contributed by atoms with E-state index in [4.69, 9.17) is 10.8 Å². The van der Waals surface area contributed by atoms with Crippen molar-refractivity contribution in [3.63, 3.8) is 0 Å². The lowest BCUT2D eigenvalue weighted by Gasteiger charge is -2.14. The van der Waals surface area contributed by atoms with E-state index >= 15 is 0 Å². The molecular weight excluding hydrogens is 286 g/mol. The topological polar surface area (TPSA) is 131 Å². The number of hydrogen-bond acceptors (Lipinski definition) is 5. The second-order valence-electron chi connectivity index (χ2n) is 4.19. The summed E-state index contributed by atoms with van der Waals surface area (Å²) in [7, 11) is 0. The van der Waals surface area contributed by atoms with Gasteiger partial charge >= 0.3 is 10.8 Å². The third kappa shape index (κ3) is 4.50. The number of carboxylic acid groups (broad SMARTS) is 1. The molecule has 9 heteroatoms. The van der Waals surface area contributed by atoms with E-state index in [1.54, 1.807) is 12.3 Å². The van der Waals surface area contributed by atoms with Gasteiger partial charge in [-0.3, -0.25) is 19.0 Å². The fourth-order valence-electron chi connectivity index (χ4n) is 1.52. The standard InChI is InChI=1S/C11H15N3O5S/c1-6-5-20-11(19)14(6)4-9(16)13-7(10(17)18)2-3-8(12)15/h5,7H,2-4H2,1H3,(H2,12,15)(H,13,16)(H,17,18). The van der Waals surface area contributed by atoms with Gasteiger partial charge in [-0.2, -0.15) is 0 Å². The number of primary amides is 1. The molecule has 1 unspecified atom stereocenters. The summed E-state index contributed by atoms with van der Waals surface area (Å²) in [5.74, 6) is -2.50. The van der Waals surface area contributed by atoms with E-state index in [-0.39, 0.29) is 24.3 Å². The van der Waals surface area contributed by atoms with Crippen molar-refractivity contribution < 1.29 is 19.5 Å². The van der Waals surface area contributed by atoms with Gasteiger partial charge in [0.25, 0.3) is 0 Å². The number of carbonyl (C=O) groups excluding carboxylic acids is 2. The molecule has 0 aliphatic heterocycles. The zero-order valence-corrected chi connectivity index (χ0v) is 11.6. The predicted molar refractivity (Wildman–Crippen MR) is 71.3 cm³/mol. The Kier molecular flexibility index (Phi) is 5.44. The molecule has 20 heavy (non-hydrogen) atoms. The van der Waals surface area contributed by atoms with Crippen LogP contribution >= 0.6 is 11.3 Å². The van der Waals surface area contributed by atoms with E-state index in [0.717, 1.165) is 11.3 Å². The summed E-state index contributed by atoms with van der Waals surface area (Å²) in [5.41, 5.74) is 5.56.